The van der Waals surface area contributed by atoms with Crippen LogP contribution in [-0.2, 0) is 6.54 Å². The van der Waals surface area contributed by atoms with E-state index in [2.05, 4.69) is 5.32 Å². The molecule has 0 atom stereocenters. The number of aromatic carboxylic acids is 1. The maximum Gasteiger partial charge on any atom is 0.336 e. The summed E-state index contributed by atoms with van der Waals surface area (Å²) >= 11 is 11.8. The number of amides is 1. The van der Waals surface area contributed by atoms with Crippen molar-refractivity contribution in [2.45, 2.75) is 6.54 Å². The van der Waals surface area contributed by atoms with Gasteiger partial charge < -0.3 is 10.4 Å². The zero-order valence-electron chi connectivity index (χ0n) is 10.8. The van der Waals surface area contributed by atoms with E-state index in [0.717, 1.165) is 0 Å². The fourth-order valence-corrected chi connectivity index (χ4v) is 2.28. The van der Waals surface area contributed by atoms with Crippen molar-refractivity contribution in [1.82, 2.24) is 5.32 Å². The number of hydrogen-bond acceptors (Lipinski definition) is 2. The topological polar surface area (TPSA) is 66.4 Å². The fourth-order valence-electron chi connectivity index (χ4n) is 1.80. The van der Waals surface area contributed by atoms with Gasteiger partial charge in [0.1, 0.15) is 0 Å². The molecule has 2 aromatic rings. The normalized spacial score (nSPS) is 10.2. The van der Waals surface area contributed by atoms with Gasteiger partial charge in [-0.1, -0.05) is 41.4 Å². The van der Waals surface area contributed by atoms with Crippen LogP contribution in [0.2, 0.25) is 10.0 Å². The molecule has 4 nitrogen and oxygen atoms in total. The van der Waals surface area contributed by atoms with Crippen LogP contribution in [0.15, 0.2) is 42.5 Å². The lowest BCUT2D eigenvalue weighted by molar-refractivity contribution is 0.0691. The zero-order valence-corrected chi connectivity index (χ0v) is 12.3. The Hall–Kier alpha value is -2.04. The van der Waals surface area contributed by atoms with Gasteiger partial charge in [-0.15, -0.1) is 0 Å². The van der Waals surface area contributed by atoms with Crippen LogP contribution in [0.5, 0.6) is 0 Å². The number of carboxylic acid groups (broad SMARTS) is 1. The van der Waals surface area contributed by atoms with E-state index >= 15 is 0 Å². The number of rotatable bonds is 4. The highest BCUT2D eigenvalue weighted by molar-refractivity contribution is 6.35. The summed E-state index contributed by atoms with van der Waals surface area (Å²) in [4.78, 5) is 23.2. The Morgan fingerprint density at radius 2 is 1.71 bits per heavy atom. The first-order chi connectivity index (χ1) is 9.99. The van der Waals surface area contributed by atoms with Gasteiger partial charge in [0.05, 0.1) is 11.1 Å². The molecule has 0 spiro atoms. The summed E-state index contributed by atoms with van der Waals surface area (Å²) in [6, 6.07) is 11.0. The second kappa shape index (κ2) is 6.61. The lowest BCUT2D eigenvalue weighted by Crippen LogP contribution is -2.25. The van der Waals surface area contributed by atoms with Gasteiger partial charge in [-0.05, 0) is 29.8 Å². The van der Waals surface area contributed by atoms with Gasteiger partial charge in [-0.25, -0.2) is 4.79 Å². The van der Waals surface area contributed by atoms with Gasteiger partial charge in [0.15, 0.2) is 0 Å². The van der Waals surface area contributed by atoms with Crippen LogP contribution in [0.25, 0.3) is 0 Å². The summed E-state index contributed by atoms with van der Waals surface area (Å²) in [7, 11) is 0. The van der Waals surface area contributed by atoms with E-state index in [0.29, 0.717) is 15.6 Å². The highest BCUT2D eigenvalue weighted by atomic mass is 35.5. The van der Waals surface area contributed by atoms with Crippen molar-refractivity contribution in [2.75, 3.05) is 0 Å². The molecule has 6 heteroatoms. The zero-order chi connectivity index (χ0) is 15.4. The lowest BCUT2D eigenvalue weighted by Gasteiger charge is -2.09. The van der Waals surface area contributed by atoms with Gasteiger partial charge in [-0.3, -0.25) is 4.79 Å². The molecule has 21 heavy (non-hydrogen) atoms. The van der Waals surface area contributed by atoms with Gasteiger partial charge in [0.2, 0.25) is 0 Å². The molecule has 0 aliphatic rings. The summed E-state index contributed by atoms with van der Waals surface area (Å²) in [5.74, 6) is -1.62. The molecule has 0 saturated carbocycles. The molecule has 0 aromatic heterocycles. The number of benzene rings is 2. The van der Waals surface area contributed by atoms with Gasteiger partial charge in [0.25, 0.3) is 5.91 Å². The Labute approximate surface area is 131 Å². The average molecular weight is 324 g/mol. The van der Waals surface area contributed by atoms with Crippen LogP contribution >= 0.6 is 23.2 Å². The monoisotopic (exact) mass is 323 g/mol. The molecule has 2 rings (SSSR count). The number of carboxylic acids is 1. The Bertz CT molecular complexity index is 701. The summed E-state index contributed by atoms with van der Waals surface area (Å²) in [6.07, 6.45) is 0. The number of carbonyl (C=O) groups excluding carboxylic acids is 1. The van der Waals surface area contributed by atoms with Crippen LogP contribution in [0.1, 0.15) is 26.3 Å². The van der Waals surface area contributed by atoms with E-state index in [1.165, 1.54) is 12.1 Å². The minimum Gasteiger partial charge on any atom is -0.478 e. The third kappa shape index (κ3) is 3.74. The quantitative estimate of drug-likeness (QED) is 0.903. The molecule has 0 fully saturated rings. The van der Waals surface area contributed by atoms with E-state index in [9.17, 15) is 9.59 Å². The standard InChI is InChI=1S/C15H11Cl2NO3/c16-10-6-5-9(13(17)7-10)8-18-14(19)11-3-1-2-4-12(11)15(20)21/h1-7H,8H2,(H,18,19)(H,20,21). The number of nitrogens with one attached hydrogen (secondary N) is 1. The molecule has 108 valence electrons. The van der Waals surface area contributed by atoms with Crippen molar-refractivity contribution in [3.05, 3.63) is 69.2 Å². The second-order valence-corrected chi connectivity index (χ2v) is 5.11. The third-order valence-electron chi connectivity index (χ3n) is 2.86. The van der Waals surface area contributed by atoms with Crippen molar-refractivity contribution >= 4 is 35.1 Å². The minimum atomic E-state index is -1.15. The third-order valence-corrected chi connectivity index (χ3v) is 3.44. The lowest BCUT2D eigenvalue weighted by atomic mass is 10.1. The minimum absolute atomic E-state index is 0.0443. The van der Waals surface area contributed by atoms with E-state index in [4.69, 9.17) is 28.3 Å². The molecule has 0 heterocycles. The van der Waals surface area contributed by atoms with Crippen molar-refractivity contribution < 1.29 is 14.7 Å². The SMILES string of the molecule is O=C(O)c1ccccc1C(=O)NCc1ccc(Cl)cc1Cl. The summed E-state index contributed by atoms with van der Waals surface area (Å²) in [5.41, 5.74) is 0.759. The Morgan fingerprint density at radius 1 is 1.05 bits per heavy atom. The number of halogens is 2. The highest BCUT2D eigenvalue weighted by Crippen LogP contribution is 2.21. The molecule has 0 aliphatic heterocycles. The largest absolute Gasteiger partial charge is 0.478 e. The molecule has 2 N–H and O–H groups in total. The first-order valence-corrected chi connectivity index (χ1v) is 6.79. The molecule has 0 radical (unpaired) electrons. The van der Waals surface area contributed by atoms with E-state index in [1.54, 1.807) is 30.3 Å². The molecular formula is C15H11Cl2NO3. The van der Waals surface area contributed by atoms with Crippen LogP contribution in [0, 0.1) is 0 Å². The molecule has 0 bridgehead atoms. The van der Waals surface area contributed by atoms with E-state index < -0.39 is 11.9 Å². The van der Waals surface area contributed by atoms with Gasteiger partial charge >= 0.3 is 5.97 Å². The van der Waals surface area contributed by atoms with E-state index in [-0.39, 0.29) is 17.7 Å². The summed E-state index contributed by atoms with van der Waals surface area (Å²) in [6.45, 7) is 0.183. The highest BCUT2D eigenvalue weighted by Gasteiger charge is 2.15. The number of hydrogen-bond donors (Lipinski definition) is 2. The maximum absolute atomic E-state index is 12.1. The second-order valence-electron chi connectivity index (χ2n) is 4.27. The smallest absolute Gasteiger partial charge is 0.336 e. The Balaban J connectivity index is 2.14. The molecular weight excluding hydrogens is 313 g/mol. The molecule has 0 aliphatic carbocycles. The predicted octanol–water partition coefficient (Wildman–Crippen LogP) is 3.62. The maximum atomic E-state index is 12.1. The van der Waals surface area contributed by atoms with Crippen LogP contribution in [0.4, 0.5) is 0 Å². The predicted molar refractivity (Wildman–Crippen MR) is 81.0 cm³/mol. The van der Waals surface area contributed by atoms with Crippen LogP contribution in [0.3, 0.4) is 0 Å². The van der Waals surface area contributed by atoms with Crippen molar-refractivity contribution in [2.24, 2.45) is 0 Å². The van der Waals surface area contributed by atoms with Gasteiger partial charge in [0, 0.05) is 16.6 Å². The molecule has 0 saturated heterocycles. The molecule has 2 aromatic carbocycles. The number of carbonyl (C=O) groups is 2. The van der Waals surface area contributed by atoms with Crippen molar-refractivity contribution in [1.29, 1.82) is 0 Å². The summed E-state index contributed by atoms with van der Waals surface area (Å²) in [5, 5.41) is 12.6. The first-order valence-electron chi connectivity index (χ1n) is 6.03. The molecule has 0 unspecified atom stereocenters. The van der Waals surface area contributed by atoms with E-state index in [1.807, 2.05) is 0 Å². The van der Waals surface area contributed by atoms with Crippen molar-refractivity contribution in [3.8, 4) is 0 Å². The van der Waals surface area contributed by atoms with Crippen LogP contribution < -0.4 is 5.32 Å². The average Bonchev–Trinajstić information content (AvgIpc) is 2.46. The first kappa shape index (κ1) is 15.4. The van der Waals surface area contributed by atoms with Gasteiger partial charge in [-0.2, -0.15) is 0 Å². The Kier molecular flexibility index (Phi) is 4.83. The summed E-state index contributed by atoms with van der Waals surface area (Å²) < 4.78 is 0. The van der Waals surface area contributed by atoms with Crippen molar-refractivity contribution in [3.63, 3.8) is 0 Å². The molecule has 1 amide bonds. The Morgan fingerprint density at radius 3 is 2.33 bits per heavy atom. The fraction of sp³-hybridized carbons (Fsp3) is 0.0667. The van der Waals surface area contributed by atoms with Crippen LogP contribution in [-0.4, -0.2) is 17.0 Å².